The number of rotatable bonds is 14. The maximum atomic E-state index is 12.5. The zero-order chi connectivity index (χ0) is 36.0. The molecule has 0 spiro atoms. The highest BCUT2D eigenvalue weighted by atomic mass is 16.7. The fourth-order valence-electron chi connectivity index (χ4n) is 8.90. The first kappa shape index (κ1) is 37.2. The van der Waals surface area contributed by atoms with E-state index in [2.05, 4.69) is 79.5 Å². The second-order valence-electron chi connectivity index (χ2n) is 16.2. The Bertz CT molecular complexity index is 1640. The number of benzene rings is 3. The van der Waals surface area contributed by atoms with Gasteiger partial charge >= 0.3 is 0 Å². The van der Waals surface area contributed by atoms with E-state index in [1.165, 1.54) is 19.3 Å². The van der Waals surface area contributed by atoms with Crippen LogP contribution in [0.15, 0.2) is 72.8 Å². The van der Waals surface area contributed by atoms with Crippen molar-refractivity contribution in [1.82, 2.24) is 15.7 Å². The van der Waals surface area contributed by atoms with Crippen molar-refractivity contribution in [2.45, 2.75) is 116 Å². The number of aliphatic hydroxyl groups excluding tert-OH is 1. The number of nitrogens with one attached hydrogen (secondary N) is 2. The summed E-state index contributed by atoms with van der Waals surface area (Å²) in [6.45, 7) is 9.74. The quantitative estimate of drug-likeness (QED) is 0.0789. The lowest BCUT2D eigenvalue weighted by Gasteiger charge is -2.41. The molecular weight excluding hydrogens is 642 g/mol. The summed E-state index contributed by atoms with van der Waals surface area (Å²) in [4.78, 5) is 26.3. The van der Waals surface area contributed by atoms with Crippen LogP contribution in [-0.4, -0.2) is 52.3 Å². The van der Waals surface area contributed by atoms with Crippen molar-refractivity contribution in [1.29, 1.82) is 0 Å². The van der Waals surface area contributed by atoms with Crippen molar-refractivity contribution in [3.63, 3.8) is 0 Å². The van der Waals surface area contributed by atoms with Crippen LogP contribution in [0.4, 0.5) is 0 Å². The number of nitrogens with zero attached hydrogens (tertiary/aromatic N) is 1. The smallest absolute Gasteiger partial charge is 0.243 e. The van der Waals surface area contributed by atoms with Crippen LogP contribution < -0.4 is 10.8 Å². The molecule has 274 valence electrons. The zero-order valence-electron chi connectivity index (χ0n) is 30.4. The minimum absolute atomic E-state index is 0.00738. The Labute approximate surface area is 302 Å². The van der Waals surface area contributed by atoms with Crippen molar-refractivity contribution in [2.75, 3.05) is 13.1 Å². The number of amides is 2. The molecule has 2 bridgehead atoms. The van der Waals surface area contributed by atoms with Gasteiger partial charge in [0, 0.05) is 50.5 Å². The van der Waals surface area contributed by atoms with Crippen molar-refractivity contribution >= 4 is 11.8 Å². The molecule has 51 heavy (non-hydrogen) atoms. The van der Waals surface area contributed by atoms with Crippen LogP contribution >= 0.6 is 0 Å². The van der Waals surface area contributed by atoms with Gasteiger partial charge in [-0.1, -0.05) is 87.9 Å². The molecular formula is C42H55N3O6. The molecule has 4 N–H and O–H groups in total. The minimum Gasteiger partial charge on any atom is -0.392 e. The number of carbonyl (C=O) groups is 2. The number of aliphatic hydroxyl groups is 1. The number of likely N-dealkylation sites (tertiary alicyclic amines) is 1. The number of hydroxylamine groups is 1. The largest absolute Gasteiger partial charge is 0.392 e. The Balaban J connectivity index is 1.13. The average molecular weight is 698 g/mol. The molecule has 1 aliphatic carbocycles. The summed E-state index contributed by atoms with van der Waals surface area (Å²) < 4.78 is 13.6. The van der Waals surface area contributed by atoms with Crippen LogP contribution in [0.3, 0.4) is 0 Å². The van der Waals surface area contributed by atoms with Gasteiger partial charge in [0.2, 0.25) is 11.8 Å². The van der Waals surface area contributed by atoms with Gasteiger partial charge in [-0.05, 0) is 82.9 Å². The Morgan fingerprint density at radius 3 is 2.31 bits per heavy atom. The van der Waals surface area contributed by atoms with Gasteiger partial charge in [0.1, 0.15) is 0 Å². The SMILES string of the molecule is CC1(C)CC2CC(C)(CN2CC2CC(c3ccc(CO)cc3)OC(c3cccc(-c4cccc(CNC(=O)CCCCCC(=O)NO)c4)c3)O2)C1. The van der Waals surface area contributed by atoms with E-state index in [4.69, 9.17) is 14.7 Å². The predicted octanol–water partition coefficient (Wildman–Crippen LogP) is 7.36. The zero-order valence-corrected chi connectivity index (χ0v) is 30.4. The molecule has 0 aromatic heterocycles. The molecule has 3 aromatic rings. The monoisotopic (exact) mass is 697 g/mol. The van der Waals surface area contributed by atoms with Gasteiger partial charge in [-0.15, -0.1) is 0 Å². The third-order valence-electron chi connectivity index (χ3n) is 10.9. The normalized spacial score (nSPS) is 25.7. The maximum absolute atomic E-state index is 12.5. The first-order chi connectivity index (χ1) is 24.5. The highest BCUT2D eigenvalue weighted by Crippen LogP contribution is 2.53. The highest BCUT2D eigenvalue weighted by Gasteiger charge is 2.50. The number of fused-ring (bicyclic) bond motifs is 2. The summed E-state index contributed by atoms with van der Waals surface area (Å²) in [5, 5.41) is 21.2. The molecule has 6 rings (SSSR count). The molecule has 0 radical (unpaired) electrons. The molecule has 5 unspecified atom stereocenters. The molecule has 9 nitrogen and oxygen atoms in total. The molecule has 2 aliphatic heterocycles. The lowest BCUT2D eigenvalue weighted by atomic mass is 9.65. The van der Waals surface area contributed by atoms with Crippen LogP contribution in [0.25, 0.3) is 11.1 Å². The van der Waals surface area contributed by atoms with E-state index in [0.29, 0.717) is 42.7 Å². The van der Waals surface area contributed by atoms with Gasteiger partial charge in [-0.25, -0.2) is 5.48 Å². The van der Waals surface area contributed by atoms with E-state index >= 15 is 0 Å². The van der Waals surface area contributed by atoms with Gasteiger partial charge in [-0.2, -0.15) is 0 Å². The van der Waals surface area contributed by atoms with Crippen LogP contribution in [0, 0.1) is 10.8 Å². The van der Waals surface area contributed by atoms with E-state index in [1.807, 2.05) is 24.3 Å². The van der Waals surface area contributed by atoms with Crippen molar-refractivity contribution in [2.24, 2.45) is 10.8 Å². The fourth-order valence-corrected chi connectivity index (χ4v) is 8.90. The second kappa shape index (κ2) is 16.4. The number of carbonyl (C=O) groups excluding carboxylic acids is 2. The maximum Gasteiger partial charge on any atom is 0.243 e. The molecule has 2 saturated heterocycles. The summed E-state index contributed by atoms with van der Waals surface area (Å²) >= 11 is 0. The predicted molar refractivity (Wildman–Crippen MR) is 196 cm³/mol. The summed E-state index contributed by atoms with van der Waals surface area (Å²) in [5.74, 6) is -0.425. The Hall–Kier alpha value is -3.60. The summed E-state index contributed by atoms with van der Waals surface area (Å²) in [6, 6.07) is 25.3. The third kappa shape index (κ3) is 9.84. The number of ether oxygens (including phenoxy) is 2. The Morgan fingerprint density at radius 1 is 0.843 bits per heavy atom. The van der Waals surface area contributed by atoms with Crippen LogP contribution in [0.5, 0.6) is 0 Å². The van der Waals surface area contributed by atoms with Gasteiger partial charge in [0.25, 0.3) is 0 Å². The summed E-state index contributed by atoms with van der Waals surface area (Å²) in [7, 11) is 0. The van der Waals surface area contributed by atoms with Gasteiger partial charge in [0.15, 0.2) is 6.29 Å². The Morgan fingerprint density at radius 2 is 1.57 bits per heavy atom. The molecule has 3 aliphatic rings. The summed E-state index contributed by atoms with van der Waals surface area (Å²) in [6.07, 6.45) is 6.58. The van der Waals surface area contributed by atoms with E-state index in [-0.39, 0.29) is 31.1 Å². The molecule has 2 amide bonds. The van der Waals surface area contributed by atoms with Crippen LogP contribution in [0.1, 0.15) is 113 Å². The van der Waals surface area contributed by atoms with Gasteiger partial charge < -0.3 is 19.9 Å². The molecule has 2 heterocycles. The van der Waals surface area contributed by atoms with Crippen molar-refractivity contribution < 1.29 is 29.4 Å². The fraction of sp³-hybridized carbons (Fsp3) is 0.524. The lowest BCUT2D eigenvalue weighted by Crippen LogP contribution is -2.42. The molecule has 1 saturated carbocycles. The lowest BCUT2D eigenvalue weighted by molar-refractivity contribution is -0.253. The second-order valence-corrected chi connectivity index (χ2v) is 16.2. The summed E-state index contributed by atoms with van der Waals surface area (Å²) in [5.41, 5.74) is 8.40. The number of hydrogen-bond acceptors (Lipinski definition) is 7. The topological polar surface area (TPSA) is 120 Å². The van der Waals surface area contributed by atoms with E-state index < -0.39 is 12.2 Å². The van der Waals surface area contributed by atoms with E-state index in [0.717, 1.165) is 59.3 Å². The standard InChI is InChI=1S/C42H55N3O6/c1-41(2)22-35-23-42(3,27-41)28-45(35)25-36-21-37(31-17-15-29(26-46)16-18-31)51-40(50-36)34-12-8-11-33(20-34)32-10-7-9-30(19-32)24-43-38(47)13-5-4-6-14-39(48)44-49/h7-12,15-20,35-37,40,46,49H,4-6,13-14,21-28H2,1-3H3,(H,43,47)(H,44,48). The molecule has 3 aromatic carbocycles. The number of unbranched alkanes of at least 4 members (excludes halogenated alkanes) is 2. The highest BCUT2D eigenvalue weighted by molar-refractivity contribution is 5.76. The van der Waals surface area contributed by atoms with Crippen LogP contribution in [-0.2, 0) is 32.2 Å². The first-order valence-electron chi connectivity index (χ1n) is 18.6. The first-order valence-corrected chi connectivity index (χ1v) is 18.6. The van der Waals surface area contributed by atoms with Gasteiger partial charge in [0.05, 0.1) is 18.8 Å². The molecule has 9 heteroatoms. The van der Waals surface area contributed by atoms with E-state index in [1.54, 1.807) is 5.48 Å². The average Bonchev–Trinajstić information content (AvgIpc) is 3.37. The van der Waals surface area contributed by atoms with Crippen molar-refractivity contribution in [3.05, 3.63) is 95.1 Å². The van der Waals surface area contributed by atoms with Crippen molar-refractivity contribution in [3.8, 4) is 11.1 Å². The van der Waals surface area contributed by atoms with Gasteiger partial charge in [-0.3, -0.25) is 19.7 Å². The minimum atomic E-state index is -0.527. The molecule has 5 atom stereocenters. The Kier molecular flexibility index (Phi) is 11.9. The molecule has 3 fully saturated rings. The third-order valence-corrected chi connectivity index (χ3v) is 10.9. The van der Waals surface area contributed by atoms with E-state index in [9.17, 15) is 14.7 Å². The number of hydrogen-bond donors (Lipinski definition) is 4. The van der Waals surface area contributed by atoms with Crippen LogP contribution in [0.2, 0.25) is 0 Å².